The number of H-pyrrole nitrogens is 1. The Hall–Kier alpha value is -2.06. The Bertz CT molecular complexity index is 928. The number of aryl methyl sites for hydroxylation is 1. The molecule has 0 aliphatic carbocycles. The van der Waals surface area contributed by atoms with Gasteiger partial charge in [0.15, 0.2) is 10.8 Å². The zero-order chi connectivity index (χ0) is 18.0. The Morgan fingerprint density at radius 3 is 2.96 bits per heavy atom. The molecule has 0 bridgehead atoms. The summed E-state index contributed by atoms with van der Waals surface area (Å²) in [4.78, 5) is 24.3. The van der Waals surface area contributed by atoms with Gasteiger partial charge in [-0.25, -0.2) is 9.97 Å². The van der Waals surface area contributed by atoms with Gasteiger partial charge < -0.3 is 15.0 Å². The number of hydrogen-bond acceptors (Lipinski definition) is 5. The number of carbonyl (C=O) groups excluding carboxylic acids is 1. The van der Waals surface area contributed by atoms with Crippen LogP contribution in [0, 0.1) is 6.92 Å². The van der Waals surface area contributed by atoms with Gasteiger partial charge in [-0.15, -0.1) is 0 Å². The van der Waals surface area contributed by atoms with Gasteiger partial charge in [-0.1, -0.05) is 17.8 Å². The molecule has 3 rings (SSSR count). The lowest BCUT2D eigenvalue weighted by atomic mass is 10.2. The zero-order valence-corrected chi connectivity index (χ0v) is 16.4. The van der Waals surface area contributed by atoms with Crippen LogP contribution in [-0.4, -0.2) is 33.2 Å². The monoisotopic (exact) mass is 420 g/mol. The molecule has 25 heavy (non-hydrogen) atoms. The molecule has 0 aliphatic rings. The fourth-order valence-corrected chi connectivity index (χ4v) is 3.42. The summed E-state index contributed by atoms with van der Waals surface area (Å²) in [5.74, 6) is 0.512. The quantitative estimate of drug-likeness (QED) is 0.605. The molecule has 3 aromatic rings. The second kappa shape index (κ2) is 7.45. The van der Waals surface area contributed by atoms with Crippen LogP contribution in [0.25, 0.3) is 11.2 Å². The normalized spacial score (nSPS) is 12.2. The van der Waals surface area contributed by atoms with Gasteiger partial charge in [-0.2, -0.15) is 0 Å². The minimum atomic E-state index is -0.339. The van der Waals surface area contributed by atoms with Gasteiger partial charge in [-0.3, -0.25) is 4.79 Å². The van der Waals surface area contributed by atoms with Crippen LogP contribution in [0.4, 0.5) is 5.69 Å². The molecule has 0 saturated heterocycles. The number of hydrogen-bond donors (Lipinski definition) is 2. The number of carbonyl (C=O) groups is 1. The minimum Gasteiger partial charge on any atom is -0.495 e. The Kier molecular flexibility index (Phi) is 5.29. The SMILES string of the molecule is COc1ccc(C)cc1NC(=O)[C@@H](C)Sc1nc2ncc(Br)cc2[nH]1. The number of rotatable bonds is 5. The van der Waals surface area contributed by atoms with E-state index >= 15 is 0 Å². The number of halogens is 1. The van der Waals surface area contributed by atoms with Crippen molar-refractivity contribution < 1.29 is 9.53 Å². The highest BCUT2D eigenvalue weighted by Gasteiger charge is 2.18. The van der Waals surface area contributed by atoms with E-state index in [1.165, 1.54) is 11.8 Å². The third-order valence-electron chi connectivity index (χ3n) is 3.55. The Labute approximate surface area is 157 Å². The van der Waals surface area contributed by atoms with Crippen molar-refractivity contribution in [1.29, 1.82) is 0 Å². The van der Waals surface area contributed by atoms with Crippen LogP contribution >= 0.6 is 27.7 Å². The van der Waals surface area contributed by atoms with Crippen LogP contribution in [0.5, 0.6) is 5.75 Å². The van der Waals surface area contributed by atoms with Crippen molar-refractivity contribution in [1.82, 2.24) is 15.0 Å². The number of thioether (sulfide) groups is 1. The first-order valence-electron chi connectivity index (χ1n) is 7.59. The summed E-state index contributed by atoms with van der Waals surface area (Å²) in [5, 5.41) is 3.23. The Balaban J connectivity index is 1.72. The van der Waals surface area contributed by atoms with E-state index in [9.17, 15) is 4.79 Å². The Morgan fingerprint density at radius 1 is 1.40 bits per heavy atom. The van der Waals surface area contributed by atoms with E-state index in [1.807, 2.05) is 38.1 Å². The lowest BCUT2D eigenvalue weighted by molar-refractivity contribution is -0.115. The molecule has 0 fully saturated rings. The summed E-state index contributed by atoms with van der Waals surface area (Å²) in [5.41, 5.74) is 3.16. The van der Waals surface area contributed by atoms with E-state index < -0.39 is 0 Å². The molecule has 1 atom stereocenters. The molecule has 2 N–H and O–H groups in total. The summed E-state index contributed by atoms with van der Waals surface area (Å²) in [6.45, 7) is 3.80. The summed E-state index contributed by atoms with van der Waals surface area (Å²) in [6.07, 6.45) is 1.69. The number of methoxy groups -OCH3 is 1. The number of anilines is 1. The van der Waals surface area contributed by atoms with Gasteiger partial charge in [-0.05, 0) is 53.5 Å². The second-order valence-electron chi connectivity index (χ2n) is 5.52. The molecule has 1 aromatic carbocycles. The fraction of sp³-hybridized carbons (Fsp3) is 0.235. The fourth-order valence-electron chi connectivity index (χ4n) is 2.28. The van der Waals surface area contributed by atoms with Crippen molar-refractivity contribution >= 4 is 50.5 Å². The number of pyridine rings is 1. The van der Waals surface area contributed by atoms with Gasteiger partial charge in [0.25, 0.3) is 0 Å². The third kappa shape index (κ3) is 4.13. The average molecular weight is 421 g/mol. The molecule has 2 heterocycles. The Morgan fingerprint density at radius 2 is 2.20 bits per heavy atom. The highest BCUT2D eigenvalue weighted by atomic mass is 79.9. The predicted octanol–water partition coefficient (Wildman–Crippen LogP) is 4.16. The van der Waals surface area contributed by atoms with Crippen LogP contribution in [0.2, 0.25) is 0 Å². The highest BCUT2D eigenvalue weighted by molar-refractivity contribution is 9.10. The van der Waals surface area contributed by atoms with Crippen molar-refractivity contribution in [3.05, 3.63) is 40.5 Å². The van der Waals surface area contributed by atoms with Crippen LogP contribution < -0.4 is 10.1 Å². The topological polar surface area (TPSA) is 79.9 Å². The maximum absolute atomic E-state index is 12.5. The molecular weight excluding hydrogens is 404 g/mol. The van der Waals surface area contributed by atoms with E-state index in [0.29, 0.717) is 22.2 Å². The van der Waals surface area contributed by atoms with E-state index in [0.717, 1.165) is 15.6 Å². The lowest BCUT2D eigenvalue weighted by Gasteiger charge is -2.14. The molecule has 0 aliphatic heterocycles. The van der Waals surface area contributed by atoms with E-state index in [4.69, 9.17) is 4.74 Å². The maximum atomic E-state index is 12.5. The van der Waals surface area contributed by atoms with Gasteiger partial charge >= 0.3 is 0 Å². The molecule has 130 valence electrons. The van der Waals surface area contributed by atoms with Crippen molar-refractivity contribution in [2.75, 3.05) is 12.4 Å². The number of benzene rings is 1. The number of nitrogens with one attached hydrogen (secondary N) is 2. The van der Waals surface area contributed by atoms with E-state index in [-0.39, 0.29) is 11.2 Å². The summed E-state index contributed by atoms with van der Waals surface area (Å²) in [6, 6.07) is 7.57. The van der Waals surface area contributed by atoms with Gasteiger partial charge in [0.1, 0.15) is 5.75 Å². The van der Waals surface area contributed by atoms with Gasteiger partial charge in [0.2, 0.25) is 5.91 Å². The van der Waals surface area contributed by atoms with Crippen LogP contribution in [-0.2, 0) is 4.79 Å². The average Bonchev–Trinajstić information content (AvgIpc) is 2.96. The molecule has 0 spiro atoms. The highest BCUT2D eigenvalue weighted by Crippen LogP contribution is 2.28. The molecule has 0 radical (unpaired) electrons. The summed E-state index contributed by atoms with van der Waals surface area (Å²) >= 11 is 4.72. The first-order chi connectivity index (χ1) is 12.0. The lowest BCUT2D eigenvalue weighted by Crippen LogP contribution is -2.22. The van der Waals surface area contributed by atoms with Crippen LogP contribution in [0.3, 0.4) is 0 Å². The van der Waals surface area contributed by atoms with Crippen molar-refractivity contribution in [3.8, 4) is 5.75 Å². The van der Waals surface area contributed by atoms with Crippen LogP contribution in [0.15, 0.2) is 40.1 Å². The number of nitrogens with zero attached hydrogens (tertiary/aromatic N) is 2. The number of aromatic nitrogens is 3. The summed E-state index contributed by atoms with van der Waals surface area (Å²) in [7, 11) is 1.58. The number of ether oxygens (including phenoxy) is 1. The number of amides is 1. The number of fused-ring (bicyclic) bond motifs is 1. The largest absolute Gasteiger partial charge is 0.495 e. The zero-order valence-electron chi connectivity index (χ0n) is 14.0. The van der Waals surface area contributed by atoms with Gasteiger partial charge in [0.05, 0.1) is 23.6 Å². The van der Waals surface area contributed by atoms with Gasteiger partial charge in [0, 0.05) is 10.7 Å². The molecule has 2 aromatic heterocycles. The van der Waals surface area contributed by atoms with Crippen molar-refractivity contribution in [2.45, 2.75) is 24.3 Å². The standard InChI is InChI=1S/C17H17BrN4O2S/c1-9-4-5-14(24-3)12(6-9)20-16(23)10(2)25-17-21-13-7-11(18)8-19-15(13)22-17/h4-8,10H,1-3H3,(H,20,23)(H,19,21,22)/t10-/m1/s1. The molecule has 1 amide bonds. The van der Waals surface area contributed by atoms with Crippen molar-refractivity contribution in [3.63, 3.8) is 0 Å². The van der Waals surface area contributed by atoms with E-state index in [2.05, 4.69) is 36.2 Å². The van der Waals surface area contributed by atoms with Crippen LogP contribution in [0.1, 0.15) is 12.5 Å². The van der Waals surface area contributed by atoms with E-state index in [1.54, 1.807) is 13.3 Å². The first kappa shape index (κ1) is 17.8. The van der Waals surface area contributed by atoms with Crippen molar-refractivity contribution in [2.24, 2.45) is 0 Å². The molecular formula is C17H17BrN4O2S. The predicted molar refractivity (Wildman–Crippen MR) is 103 cm³/mol. The first-order valence-corrected chi connectivity index (χ1v) is 9.27. The maximum Gasteiger partial charge on any atom is 0.237 e. The minimum absolute atomic E-state index is 0.122. The second-order valence-corrected chi connectivity index (χ2v) is 7.76. The smallest absolute Gasteiger partial charge is 0.237 e. The molecule has 0 saturated carbocycles. The molecule has 0 unspecified atom stereocenters. The molecule has 8 heteroatoms. The molecule has 6 nitrogen and oxygen atoms in total. The number of imidazole rings is 1. The third-order valence-corrected chi connectivity index (χ3v) is 4.97. The summed E-state index contributed by atoms with van der Waals surface area (Å²) < 4.78 is 6.17. The number of aromatic amines is 1.